The van der Waals surface area contributed by atoms with Crippen molar-refractivity contribution in [2.45, 2.75) is 37.2 Å². The zero-order chi connectivity index (χ0) is 19.1. The number of rotatable bonds is 5. The molecule has 23 heavy (non-hydrogen) atoms. The fraction of sp³-hybridized carbons (Fsp3) is 1.00. The Morgan fingerprint density at radius 2 is 0.783 bits per heavy atom. The molecule has 17 heteroatoms. The molecule has 0 radical (unpaired) electrons. The van der Waals surface area contributed by atoms with Crippen LogP contribution in [0.2, 0.25) is 0 Å². The summed E-state index contributed by atoms with van der Waals surface area (Å²) in [6.45, 7) is 0. The fourth-order valence-corrected chi connectivity index (χ4v) is 0.812. The summed E-state index contributed by atoms with van der Waals surface area (Å²) < 4.78 is 172. The van der Waals surface area contributed by atoms with Gasteiger partial charge >= 0.3 is 37.2 Å². The maximum absolute atomic E-state index is 12.9. The molecule has 0 heterocycles. The topological polar surface area (TPSA) is 27.7 Å². The minimum absolute atomic E-state index is 1.39. The molecule has 1 unspecified atom stereocenters. The first-order chi connectivity index (χ1) is 9.62. The lowest BCUT2D eigenvalue weighted by Gasteiger charge is -2.35. The van der Waals surface area contributed by atoms with E-state index in [1.165, 1.54) is 14.2 Å². The van der Waals surface area contributed by atoms with Crippen LogP contribution in [0.3, 0.4) is 0 Å². The lowest BCUT2D eigenvalue weighted by Crippen LogP contribution is -2.62. The molecule has 0 aromatic carbocycles. The van der Waals surface area contributed by atoms with Gasteiger partial charge in [-0.25, -0.2) is 9.47 Å². The van der Waals surface area contributed by atoms with E-state index in [4.69, 9.17) is 0 Å². The number of hydrogen-bond donors (Lipinski definition) is 0. The van der Waals surface area contributed by atoms with Crippen molar-refractivity contribution in [2.75, 3.05) is 0 Å². The molecule has 1 atom stereocenters. The lowest BCUT2D eigenvalue weighted by atomic mass is 10.2. The van der Waals surface area contributed by atoms with Crippen molar-refractivity contribution in [1.82, 2.24) is 0 Å². The van der Waals surface area contributed by atoms with Gasteiger partial charge < -0.3 is 0 Å². The maximum Gasteiger partial charge on any atom is 0.529 e. The Balaban J connectivity index is 5.70. The highest BCUT2D eigenvalue weighted by Crippen LogP contribution is 2.51. The first-order valence-corrected chi connectivity index (χ1v) is 4.37. The Hall–Kier alpha value is -1.10. The van der Waals surface area contributed by atoms with Crippen molar-refractivity contribution in [3.8, 4) is 0 Å². The summed E-state index contributed by atoms with van der Waals surface area (Å²) in [6.07, 6.45) is -34.7. The van der Waals surface area contributed by atoms with E-state index in [0.717, 1.165) is 0 Å². The summed E-state index contributed by atoms with van der Waals surface area (Å²) in [6, 6.07) is 0. The Labute approximate surface area is 114 Å². The van der Waals surface area contributed by atoms with Crippen LogP contribution >= 0.6 is 0 Å². The van der Waals surface area contributed by atoms with Gasteiger partial charge in [-0.2, -0.15) is 31.1 Å². The minimum Gasteiger partial charge on any atom is -0.238 e. The molecular formula is C6F14O3. The predicted octanol–water partition coefficient (Wildman–Crippen LogP) is 4.45. The molecule has 0 fully saturated rings. The molecule has 3 nitrogen and oxygen atoms in total. The zero-order valence-electron chi connectivity index (χ0n) is 9.52. The molecule has 140 valence electrons. The van der Waals surface area contributed by atoms with Gasteiger partial charge in [0.05, 0.1) is 0 Å². The highest BCUT2D eigenvalue weighted by Gasteiger charge is 2.79. The van der Waals surface area contributed by atoms with Crippen LogP contribution in [0.5, 0.6) is 0 Å². The third-order valence-electron chi connectivity index (χ3n) is 1.48. The normalized spacial score (nSPS) is 18.0. The molecule has 0 saturated heterocycles. The first kappa shape index (κ1) is 21.9. The van der Waals surface area contributed by atoms with Gasteiger partial charge in [0, 0.05) is 0 Å². The highest BCUT2D eigenvalue weighted by molar-refractivity contribution is 4.87. The molecule has 0 rings (SSSR count). The van der Waals surface area contributed by atoms with Crippen molar-refractivity contribution in [1.29, 1.82) is 0 Å². The van der Waals surface area contributed by atoms with E-state index in [1.54, 1.807) is 0 Å². The van der Waals surface area contributed by atoms with Crippen LogP contribution in [0.4, 0.5) is 61.5 Å². The third kappa shape index (κ3) is 6.13. The molecular weight excluding hydrogens is 386 g/mol. The Morgan fingerprint density at radius 1 is 0.435 bits per heavy atom. The quantitative estimate of drug-likeness (QED) is 0.517. The molecule has 0 aromatic heterocycles. The standard InChI is InChI=1S/C6F14O3/c7-1(2(8,9)10,21-4(13,14)15)3(11,12)22-6(19,20)23-5(16,17)18. The molecule has 0 amide bonds. The van der Waals surface area contributed by atoms with E-state index in [1.807, 2.05) is 0 Å². The third-order valence-corrected chi connectivity index (χ3v) is 1.48. The van der Waals surface area contributed by atoms with E-state index in [9.17, 15) is 61.5 Å². The molecule has 0 bridgehead atoms. The maximum atomic E-state index is 12.9. The molecule has 0 aromatic rings. The van der Waals surface area contributed by atoms with E-state index in [2.05, 4.69) is 0 Å². The second-order valence-electron chi connectivity index (χ2n) is 3.27. The summed E-state index contributed by atoms with van der Waals surface area (Å²) in [7, 11) is 0. The molecule has 0 saturated carbocycles. The lowest BCUT2D eigenvalue weighted by molar-refractivity contribution is -0.585. The van der Waals surface area contributed by atoms with Gasteiger partial charge in [0.25, 0.3) is 0 Å². The molecule has 0 N–H and O–H groups in total. The van der Waals surface area contributed by atoms with Gasteiger partial charge in [-0.3, -0.25) is 0 Å². The van der Waals surface area contributed by atoms with E-state index in [0.29, 0.717) is 0 Å². The number of alkyl halides is 14. The minimum atomic E-state index is -7.36. The van der Waals surface area contributed by atoms with Crippen LogP contribution in [0.15, 0.2) is 0 Å². The molecule has 0 aliphatic heterocycles. The Morgan fingerprint density at radius 3 is 1.04 bits per heavy atom. The summed E-state index contributed by atoms with van der Waals surface area (Å²) in [5.74, 6) is -7.31. The van der Waals surface area contributed by atoms with Gasteiger partial charge in [-0.1, -0.05) is 0 Å². The van der Waals surface area contributed by atoms with Crippen molar-refractivity contribution in [3.05, 3.63) is 0 Å². The summed E-state index contributed by atoms with van der Waals surface area (Å²) >= 11 is 0. The smallest absolute Gasteiger partial charge is 0.238 e. The summed E-state index contributed by atoms with van der Waals surface area (Å²) in [5, 5.41) is 0. The summed E-state index contributed by atoms with van der Waals surface area (Å²) in [4.78, 5) is 0. The SMILES string of the molecule is FC(F)(F)OC(F)(F)OC(F)(F)C(F)(OC(F)(F)F)C(F)(F)F. The zero-order valence-corrected chi connectivity index (χ0v) is 9.52. The van der Waals surface area contributed by atoms with Crippen LogP contribution in [-0.2, 0) is 14.2 Å². The number of halogens is 14. The number of hydrogen-bond acceptors (Lipinski definition) is 3. The van der Waals surface area contributed by atoms with Crippen LogP contribution in [0.1, 0.15) is 0 Å². The second kappa shape index (κ2) is 5.76. The van der Waals surface area contributed by atoms with Gasteiger partial charge in [-0.15, -0.1) is 35.1 Å². The van der Waals surface area contributed by atoms with Crippen LogP contribution in [0.25, 0.3) is 0 Å². The van der Waals surface area contributed by atoms with Gasteiger partial charge in [0.2, 0.25) is 0 Å². The van der Waals surface area contributed by atoms with E-state index in [-0.39, 0.29) is 0 Å². The van der Waals surface area contributed by atoms with Crippen molar-refractivity contribution in [2.24, 2.45) is 0 Å². The largest absolute Gasteiger partial charge is 0.529 e. The highest BCUT2D eigenvalue weighted by atomic mass is 19.4. The predicted molar refractivity (Wildman–Crippen MR) is 35.2 cm³/mol. The summed E-state index contributed by atoms with van der Waals surface area (Å²) in [5.41, 5.74) is 0. The van der Waals surface area contributed by atoms with E-state index < -0.39 is 37.2 Å². The monoisotopic (exact) mass is 386 g/mol. The fourth-order valence-electron chi connectivity index (χ4n) is 0.812. The van der Waals surface area contributed by atoms with Crippen LogP contribution in [0, 0.1) is 0 Å². The van der Waals surface area contributed by atoms with Gasteiger partial charge in [-0.05, 0) is 0 Å². The Bertz CT molecular complexity index is 406. The molecule has 0 aliphatic rings. The average Bonchev–Trinajstić information content (AvgIpc) is 2.04. The first-order valence-electron chi connectivity index (χ1n) is 4.37. The van der Waals surface area contributed by atoms with E-state index >= 15 is 0 Å². The molecule has 0 spiro atoms. The van der Waals surface area contributed by atoms with Crippen LogP contribution < -0.4 is 0 Å². The van der Waals surface area contributed by atoms with Crippen molar-refractivity contribution >= 4 is 0 Å². The molecule has 0 aliphatic carbocycles. The van der Waals surface area contributed by atoms with Gasteiger partial charge in [0.1, 0.15) is 0 Å². The average molecular weight is 386 g/mol. The van der Waals surface area contributed by atoms with Crippen LogP contribution in [-0.4, -0.2) is 37.2 Å². The number of ether oxygens (including phenoxy) is 3. The van der Waals surface area contributed by atoms with Gasteiger partial charge in [0.15, 0.2) is 0 Å². The Kier molecular flexibility index (Phi) is 5.49. The van der Waals surface area contributed by atoms with Crippen molar-refractivity contribution in [3.63, 3.8) is 0 Å². The second-order valence-corrected chi connectivity index (χ2v) is 3.27. The van der Waals surface area contributed by atoms with Crippen molar-refractivity contribution < 1.29 is 75.7 Å².